The Morgan fingerprint density at radius 3 is 2.58 bits per heavy atom. The monoisotopic (exact) mass is 296 g/mol. The maximum absolute atomic E-state index is 6.29. The predicted molar refractivity (Wildman–Crippen MR) is 84.7 cm³/mol. The average molecular weight is 297 g/mol. The fraction of sp³-hybridized carbons (Fsp3) is 0.400. The molecular weight excluding hydrogens is 279 g/mol. The van der Waals surface area contributed by atoms with Gasteiger partial charge >= 0.3 is 0 Å². The molecule has 0 unspecified atom stereocenters. The van der Waals surface area contributed by atoms with Crippen LogP contribution in [0, 0.1) is 6.92 Å². The Morgan fingerprint density at radius 1 is 1.21 bits per heavy atom. The second-order valence-electron chi connectivity index (χ2n) is 4.60. The zero-order valence-corrected chi connectivity index (χ0v) is 13.0. The molecule has 0 aliphatic carbocycles. The predicted octanol–water partition coefficient (Wildman–Crippen LogP) is 5.23. The molecule has 102 valence electrons. The van der Waals surface area contributed by atoms with E-state index in [9.17, 15) is 0 Å². The van der Waals surface area contributed by atoms with Crippen molar-refractivity contribution in [1.29, 1.82) is 0 Å². The molecule has 2 nitrogen and oxygen atoms in total. The molecule has 19 heavy (non-hydrogen) atoms. The van der Waals surface area contributed by atoms with Crippen LogP contribution in [0.1, 0.15) is 31.5 Å². The van der Waals surface area contributed by atoms with Crippen molar-refractivity contribution in [3.8, 4) is 0 Å². The number of aromatic nitrogens is 1. The Morgan fingerprint density at radius 2 is 1.95 bits per heavy atom. The highest BCUT2D eigenvalue weighted by molar-refractivity contribution is 6.45. The first-order chi connectivity index (χ1) is 9.10. The van der Waals surface area contributed by atoms with E-state index in [1.165, 1.54) is 5.56 Å². The summed E-state index contributed by atoms with van der Waals surface area (Å²) in [6.45, 7) is 7.29. The molecule has 0 saturated carbocycles. The third kappa shape index (κ3) is 2.65. The summed E-state index contributed by atoms with van der Waals surface area (Å²) < 4.78 is 0. The normalized spacial score (nSPS) is 11.0. The Kier molecular flexibility index (Phi) is 4.54. The molecule has 1 N–H and O–H groups in total. The first kappa shape index (κ1) is 14.4. The van der Waals surface area contributed by atoms with E-state index in [4.69, 9.17) is 23.2 Å². The molecule has 4 heteroatoms. The Balaban J connectivity index is 2.75. The number of nitrogens with one attached hydrogen (secondary N) is 1. The number of halogens is 2. The Labute approximate surface area is 124 Å². The van der Waals surface area contributed by atoms with Crippen LogP contribution in [0.3, 0.4) is 0 Å². The van der Waals surface area contributed by atoms with Crippen LogP contribution in [0.2, 0.25) is 10.0 Å². The molecule has 2 rings (SSSR count). The molecule has 0 aliphatic rings. The minimum atomic E-state index is 0.536. The van der Waals surface area contributed by atoms with Gasteiger partial charge in [-0.3, -0.25) is 4.98 Å². The van der Waals surface area contributed by atoms with Crippen molar-refractivity contribution < 1.29 is 0 Å². The third-order valence-electron chi connectivity index (χ3n) is 3.28. The van der Waals surface area contributed by atoms with Gasteiger partial charge in [0.2, 0.25) is 0 Å². The third-order valence-corrected chi connectivity index (χ3v) is 4.07. The summed E-state index contributed by atoms with van der Waals surface area (Å²) in [6.07, 6.45) is 1.96. The fourth-order valence-corrected chi connectivity index (χ4v) is 2.60. The molecule has 1 aromatic heterocycles. The van der Waals surface area contributed by atoms with Gasteiger partial charge in [-0.25, -0.2) is 0 Å². The van der Waals surface area contributed by atoms with Crippen molar-refractivity contribution in [3.63, 3.8) is 0 Å². The van der Waals surface area contributed by atoms with Crippen LogP contribution in [0.4, 0.5) is 5.69 Å². The lowest BCUT2D eigenvalue weighted by Gasteiger charge is -2.16. The number of benzene rings is 1. The van der Waals surface area contributed by atoms with Gasteiger partial charge in [-0.15, -0.1) is 0 Å². The fourth-order valence-electron chi connectivity index (χ4n) is 2.24. The van der Waals surface area contributed by atoms with Crippen LogP contribution in [-0.4, -0.2) is 11.5 Å². The molecular formula is C15H18Cl2N2. The zero-order valence-electron chi connectivity index (χ0n) is 11.5. The molecule has 1 aromatic carbocycles. The summed E-state index contributed by atoms with van der Waals surface area (Å²) >= 11 is 12.4. The van der Waals surface area contributed by atoms with E-state index in [1.54, 1.807) is 0 Å². The smallest absolute Gasteiger partial charge is 0.0927 e. The molecule has 0 radical (unpaired) electrons. The number of nitrogens with zero attached hydrogens (tertiary/aromatic N) is 1. The Hall–Kier alpha value is -0.990. The van der Waals surface area contributed by atoms with Crippen molar-refractivity contribution in [2.45, 2.75) is 33.6 Å². The quantitative estimate of drug-likeness (QED) is 0.835. The van der Waals surface area contributed by atoms with Gasteiger partial charge in [0.25, 0.3) is 0 Å². The van der Waals surface area contributed by atoms with Gasteiger partial charge in [-0.05, 0) is 37.5 Å². The standard InChI is InChI=1S/C15H18Cl2N2/c1-4-8-18-14-9(3)12(5-2)19-15-10(14)6-7-11(16)13(15)17/h6-7H,4-5,8H2,1-3H3,(H,18,19). The molecule has 2 aromatic rings. The van der Waals surface area contributed by atoms with Crippen molar-refractivity contribution in [2.75, 3.05) is 11.9 Å². The number of anilines is 1. The van der Waals surface area contributed by atoms with Crippen LogP contribution in [0.25, 0.3) is 10.9 Å². The second kappa shape index (κ2) is 5.98. The molecule has 0 fully saturated rings. The van der Waals surface area contributed by atoms with Gasteiger partial charge in [0, 0.05) is 23.3 Å². The summed E-state index contributed by atoms with van der Waals surface area (Å²) in [4.78, 5) is 4.67. The van der Waals surface area contributed by atoms with Crippen molar-refractivity contribution in [1.82, 2.24) is 4.98 Å². The summed E-state index contributed by atoms with van der Waals surface area (Å²) in [5.74, 6) is 0. The van der Waals surface area contributed by atoms with E-state index in [0.29, 0.717) is 10.0 Å². The van der Waals surface area contributed by atoms with E-state index < -0.39 is 0 Å². The SMILES string of the molecule is CCCNc1c(C)c(CC)nc2c(Cl)c(Cl)ccc12. The van der Waals surface area contributed by atoms with E-state index in [1.807, 2.05) is 12.1 Å². The zero-order chi connectivity index (χ0) is 14.0. The highest BCUT2D eigenvalue weighted by Gasteiger charge is 2.14. The van der Waals surface area contributed by atoms with Crippen molar-refractivity contribution in [3.05, 3.63) is 33.4 Å². The average Bonchev–Trinajstić information content (AvgIpc) is 2.41. The number of aryl methyl sites for hydroxylation is 1. The topological polar surface area (TPSA) is 24.9 Å². The van der Waals surface area contributed by atoms with Crippen molar-refractivity contribution in [2.24, 2.45) is 0 Å². The van der Waals surface area contributed by atoms with Crippen LogP contribution < -0.4 is 5.32 Å². The molecule has 0 bridgehead atoms. The lowest BCUT2D eigenvalue weighted by atomic mass is 10.1. The van der Waals surface area contributed by atoms with Gasteiger partial charge in [0.1, 0.15) is 0 Å². The van der Waals surface area contributed by atoms with Crippen LogP contribution in [0.5, 0.6) is 0 Å². The van der Waals surface area contributed by atoms with E-state index in [-0.39, 0.29) is 0 Å². The number of pyridine rings is 1. The molecule has 0 spiro atoms. The van der Waals surface area contributed by atoms with E-state index >= 15 is 0 Å². The van der Waals surface area contributed by atoms with Crippen molar-refractivity contribution >= 4 is 39.8 Å². The number of fused-ring (bicyclic) bond motifs is 1. The molecule has 0 amide bonds. The Bertz CT molecular complexity index is 609. The summed E-state index contributed by atoms with van der Waals surface area (Å²) in [5.41, 5.74) is 4.18. The largest absolute Gasteiger partial charge is 0.384 e. The molecule has 1 heterocycles. The van der Waals surface area contributed by atoms with Gasteiger partial charge in [0.15, 0.2) is 0 Å². The second-order valence-corrected chi connectivity index (χ2v) is 5.38. The van der Waals surface area contributed by atoms with Gasteiger partial charge < -0.3 is 5.32 Å². The molecule has 0 saturated heterocycles. The lowest BCUT2D eigenvalue weighted by molar-refractivity contribution is 0.970. The molecule has 0 atom stereocenters. The number of rotatable bonds is 4. The van der Waals surface area contributed by atoms with Crippen LogP contribution >= 0.6 is 23.2 Å². The lowest BCUT2D eigenvalue weighted by Crippen LogP contribution is -2.06. The number of hydrogen-bond donors (Lipinski definition) is 1. The van der Waals surface area contributed by atoms with Crippen LogP contribution in [-0.2, 0) is 6.42 Å². The highest BCUT2D eigenvalue weighted by atomic mass is 35.5. The maximum Gasteiger partial charge on any atom is 0.0927 e. The first-order valence-corrected chi connectivity index (χ1v) is 7.36. The number of hydrogen-bond acceptors (Lipinski definition) is 2. The summed E-state index contributed by atoms with van der Waals surface area (Å²) in [5, 5.41) is 5.61. The maximum atomic E-state index is 6.29. The van der Waals surface area contributed by atoms with Crippen LogP contribution in [0.15, 0.2) is 12.1 Å². The van der Waals surface area contributed by atoms with Gasteiger partial charge in [-0.2, -0.15) is 0 Å². The summed E-state index contributed by atoms with van der Waals surface area (Å²) in [7, 11) is 0. The highest BCUT2D eigenvalue weighted by Crippen LogP contribution is 2.35. The van der Waals surface area contributed by atoms with E-state index in [2.05, 4.69) is 31.1 Å². The van der Waals surface area contributed by atoms with Gasteiger partial charge in [-0.1, -0.05) is 37.0 Å². The van der Waals surface area contributed by atoms with E-state index in [0.717, 1.165) is 41.7 Å². The first-order valence-electron chi connectivity index (χ1n) is 6.61. The minimum Gasteiger partial charge on any atom is -0.384 e. The van der Waals surface area contributed by atoms with Gasteiger partial charge in [0.05, 0.1) is 15.6 Å². The molecule has 0 aliphatic heterocycles. The minimum absolute atomic E-state index is 0.536. The summed E-state index contributed by atoms with van der Waals surface area (Å²) in [6, 6.07) is 3.82.